The summed E-state index contributed by atoms with van der Waals surface area (Å²) in [7, 11) is 1.72. The van der Waals surface area contributed by atoms with Crippen molar-refractivity contribution in [1.82, 2.24) is 15.5 Å². The van der Waals surface area contributed by atoms with Gasteiger partial charge in [0.1, 0.15) is 0 Å². The molecule has 0 spiro atoms. The molecule has 3 amide bonds. The lowest BCUT2D eigenvalue weighted by Crippen LogP contribution is -2.69. The van der Waals surface area contributed by atoms with Gasteiger partial charge in [0, 0.05) is 37.6 Å². The fourth-order valence-electron chi connectivity index (χ4n) is 3.99. The van der Waals surface area contributed by atoms with E-state index < -0.39 is 0 Å². The minimum absolute atomic E-state index is 0.0766. The minimum atomic E-state index is -0.201. The highest BCUT2D eigenvalue weighted by Crippen LogP contribution is 2.51. The SMILES string of the molecule is CO[C@]1(C)C[C@H](NC(=O)N[C@@H]2CC(=O)N([C@H]3C[C@H]3C)C2)C1(C)C. The van der Waals surface area contributed by atoms with E-state index in [1.807, 2.05) is 4.90 Å². The van der Waals surface area contributed by atoms with Gasteiger partial charge >= 0.3 is 6.03 Å². The van der Waals surface area contributed by atoms with Crippen molar-refractivity contribution in [2.24, 2.45) is 11.3 Å². The zero-order chi connectivity index (χ0) is 17.0. The zero-order valence-corrected chi connectivity index (χ0v) is 14.8. The largest absolute Gasteiger partial charge is 0.378 e. The van der Waals surface area contributed by atoms with Crippen LogP contribution in [0.3, 0.4) is 0 Å². The molecule has 0 unspecified atom stereocenters. The number of likely N-dealkylation sites (tertiary alicyclic amines) is 1. The molecule has 0 aromatic rings. The Kier molecular flexibility index (Phi) is 3.86. The van der Waals surface area contributed by atoms with E-state index >= 15 is 0 Å². The van der Waals surface area contributed by atoms with E-state index in [1.165, 1.54) is 0 Å². The molecular formula is C17H29N3O3. The maximum Gasteiger partial charge on any atom is 0.315 e. The number of carbonyl (C=O) groups is 2. The maximum absolute atomic E-state index is 12.3. The van der Waals surface area contributed by atoms with E-state index in [2.05, 4.69) is 38.3 Å². The smallest absolute Gasteiger partial charge is 0.315 e. The van der Waals surface area contributed by atoms with Crippen molar-refractivity contribution in [1.29, 1.82) is 0 Å². The molecule has 5 atom stereocenters. The lowest BCUT2D eigenvalue weighted by atomic mass is 9.56. The van der Waals surface area contributed by atoms with Gasteiger partial charge in [-0.25, -0.2) is 4.79 Å². The van der Waals surface area contributed by atoms with Crippen LogP contribution in [0.1, 0.15) is 47.0 Å². The molecule has 1 heterocycles. The van der Waals surface area contributed by atoms with Crippen LogP contribution in [0.4, 0.5) is 4.79 Å². The summed E-state index contributed by atoms with van der Waals surface area (Å²) < 4.78 is 5.58. The van der Waals surface area contributed by atoms with E-state index in [0.29, 0.717) is 24.9 Å². The summed E-state index contributed by atoms with van der Waals surface area (Å²) in [4.78, 5) is 26.2. The number of hydrogen-bond donors (Lipinski definition) is 2. The summed E-state index contributed by atoms with van der Waals surface area (Å²) in [5, 5.41) is 6.01. The van der Waals surface area contributed by atoms with Gasteiger partial charge in [0.25, 0.3) is 0 Å². The predicted molar refractivity (Wildman–Crippen MR) is 87.0 cm³/mol. The summed E-state index contributed by atoms with van der Waals surface area (Å²) in [5.41, 5.74) is -0.312. The third-order valence-corrected chi connectivity index (χ3v) is 6.54. The molecule has 0 bridgehead atoms. The molecule has 2 N–H and O–H groups in total. The Balaban J connectivity index is 1.49. The molecule has 3 rings (SSSR count). The van der Waals surface area contributed by atoms with Gasteiger partial charge in [0.15, 0.2) is 0 Å². The number of ether oxygens (including phenoxy) is 1. The lowest BCUT2D eigenvalue weighted by molar-refractivity contribution is -0.177. The second kappa shape index (κ2) is 5.36. The third kappa shape index (κ3) is 2.71. The van der Waals surface area contributed by atoms with Crippen molar-refractivity contribution in [3.8, 4) is 0 Å². The van der Waals surface area contributed by atoms with Crippen LogP contribution in [-0.4, -0.2) is 54.2 Å². The Morgan fingerprint density at radius 2 is 1.96 bits per heavy atom. The molecule has 6 nitrogen and oxygen atoms in total. The number of urea groups is 1. The summed E-state index contributed by atoms with van der Waals surface area (Å²) in [5.74, 6) is 0.773. The Morgan fingerprint density at radius 1 is 1.30 bits per heavy atom. The van der Waals surface area contributed by atoms with Gasteiger partial charge in [-0.3, -0.25) is 4.79 Å². The number of nitrogens with one attached hydrogen (secondary N) is 2. The van der Waals surface area contributed by atoms with Crippen molar-refractivity contribution < 1.29 is 14.3 Å². The van der Waals surface area contributed by atoms with Gasteiger partial charge in [-0.1, -0.05) is 20.8 Å². The monoisotopic (exact) mass is 323 g/mol. The van der Waals surface area contributed by atoms with Crippen molar-refractivity contribution in [2.75, 3.05) is 13.7 Å². The number of carbonyl (C=O) groups excluding carboxylic acids is 2. The average molecular weight is 323 g/mol. The number of rotatable bonds is 4. The first-order valence-corrected chi connectivity index (χ1v) is 8.59. The van der Waals surface area contributed by atoms with Crippen LogP contribution in [0.15, 0.2) is 0 Å². The van der Waals surface area contributed by atoms with Gasteiger partial charge in [0.05, 0.1) is 11.6 Å². The molecule has 6 heteroatoms. The first-order chi connectivity index (χ1) is 10.7. The summed E-state index contributed by atoms with van der Waals surface area (Å²) in [6, 6.07) is 0.228. The molecule has 2 saturated carbocycles. The van der Waals surface area contributed by atoms with Crippen molar-refractivity contribution in [3.05, 3.63) is 0 Å². The summed E-state index contributed by atoms with van der Waals surface area (Å²) >= 11 is 0. The van der Waals surface area contributed by atoms with Gasteiger partial charge in [0.2, 0.25) is 5.91 Å². The first kappa shape index (κ1) is 16.6. The van der Waals surface area contributed by atoms with Crippen LogP contribution in [0.2, 0.25) is 0 Å². The molecule has 23 heavy (non-hydrogen) atoms. The van der Waals surface area contributed by atoms with Crippen molar-refractivity contribution in [3.63, 3.8) is 0 Å². The van der Waals surface area contributed by atoms with E-state index in [9.17, 15) is 9.59 Å². The highest BCUT2D eigenvalue weighted by atomic mass is 16.5. The van der Waals surface area contributed by atoms with Crippen LogP contribution >= 0.6 is 0 Å². The molecule has 130 valence electrons. The molecule has 3 fully saturated rings. The van der Waals surface area contributed by atoms with Crippen LogP contribution < -0.4 is 10.6 Å². The molecule has 0 radical (unpaired) electrons. The fraction of sp³-hybridized carbons (Fsp3) is 0.882. The third-order valence-electron chi connectivity index (χ3n) is 6.54. The Labute approximate surface area is 138 Å². The predicted octanol–water partition coefficient (Wildman–Crippen LogP) is 1.50. The van der Waals surface area contributed by atoms with Crippen LogP contribution in [0.5, 0.6) is 0 Å². The Hall–Kier alpha value is -1.30. The van der Waals surface area contributed by atoms with Gasteiger partial charge in [-0.15, -0.1) is 0 Å². The van der Waals surface area contributed by atoms with Gasteiger partial charge in [-0.05, 0) is 25.7 Å². The first-order valence-electron chi connectivity index (χ1n) is 8.59. The van der Waals surface area contributed by atoms with E-state index in [1.54, 1.807) is 7.11 Å². The molecule has 3 aliphatic rings. The maximum atomic E-state index is 12.3. The molecule has 1 saturated heterocycles. The van der Waals surface area contributed by atoms with Gasteiger partial charge in [-0.2, -0.15) is 0 Å². The van der Waals surface area contributed by atoms with E-state index in [4.69, 9.17) is 4.74 Å². The number of hydrogen-bond acceptors (Lipinski definition) is 3. The Bertz CT molecular complexity index is 521. The quantitative estimate of drug-likeness (QED) is 0.823. The Morgan fingerprint density at radius 3 is 2.48 bits per heavy atom. The molecular weight excluding hydrogens is 294 g/mol. The van der Waals surface area contributed by atoms with Crippen molar-refractivity contribution >= 4 is 11.9 Å². The molecule has 0 aromatic carbocycles. The standard InChI is InChI=1S/C17H29N3O3/c1-10-6-12(10)20-9-11(7-14(20)21)18-15(22)19-13-8-17(4,23-5)16(13,2)3/h10-13H,6-9H2,1-5H3,(H2,18,19,22)/t10-,11-,12+,13+,17-/m1/s1. The van der Waals surface area contributed by atoms with Crippen LogP contribution in [0.25, 0.3) is 0 Å². The number of amides is 3. The zero-order valence-electron chi connectivity index (χ0n) is 14.8. The fourth-order valence-corrected chi connectivity index (χ4v) is 3.99. The number of nitrogens with zero attached hydrogens (tertiary/aromatic N) is 1. The highest BCUT2D eigenvalue weighted by molar-refractivity contribution is 5.82. The van der Waals surface area contributed by atoms with Crippen molar-refractivity contribution in [2.45, 2.75) is 70.7 Å². The van der Waals surface area contributed by atoms with Crippen LogP contribution in [0, 0.1) is 11.3 Å². The topological polar surface area (TPSA) is 70.7 Å². The highest BCUT2D eigenvalue weighted by Gasteiger charge is 2.58. The second-order valence-electron chi connectivity index (χ2n) is 8.26. The van der Waals surface area contributed by atoms with E-state index in [0.717, 1.165) is 12.8 Å². The molecule has 2 aliphatic carbocycles. The average Bonchev–Trinajstić information content (AvgIpc) is 3.08. The second-order valence-corrected chi connectivity index (χ2v) is 8.26. The van der Waals surface area contributed by atoms with Crippen LogP contribution in [-0.2, 0) is 9.53 Å². The summed E-state index contributed by atoms with van der Waals surface area (Å²) in [6.07, 6.45) is 2.32. The van der Waals surface area contributed by atoms with E-state index in [-0.39, 0.29) is 35.0 Å². The molecule has 1 aliphatic heterocycles. The number of methoxy groups -OCH3 is 1. The summed E-state index contributed by atoms with van der Waals surface area (Å²) in [6.45, 7) is 9.11. The minimum Gasteiger partial charge on any atom is -0.378 e. The molecule has 0 aromatic heterocycles. The lowest BCUT2D eigenvalue weighted by Gasteiger charge is -2.59. The normalized spacial score (nSPS) is 41.4. The van der Waals surface area contributed by atoms with Gasteiger partial charge < -0.3 is 20.3 Å².